The van der Waals surface area contributed by atoms with E-state index in [0.29, 0.717) is 24.5 Å². The van der Waals surface area contributed by atoms with E-state index in [0.717, 1.165) is 41.7 Å². The zero-order valence-electron chi connectivity index (χ0n) is 14.8. The van der Waals surface area contributed by atoms with Gasteiger partial charge in [-0.2, -0.15) is 0 Å². The minimum Gasteiger partial charge on any atom is -0.480 e. The van der Waals surface area contributed by atoms with E-state index < -0.39 is 12.0 Å². The zero-order chi connectivity index (χ0) is 18.4. The van der Waals surface area contributed by atoms with Gasteiger partial charge < -0.3 is 10.0 Å². The van der Waals surface area contributed by atoms with Crippen molar-refractivity contribution in [3.63, 3.8) is 0 Å². The maximum Gasteiger partial charge on any atom is 0.326 e. The van der Waals surface area contributed by atoms with Gasteiger partial charge in [-0.05, 0) is 44.1 Å². The van der Waals surface area contributed by atoms with Gasteiger partial charge >= 0.3 is 5.97 Å². The average molecular weight is 381 g/mol. The van der Waals surface area contributed by atoms with Gasteiger partial charge in [0, 0.05) is 23.8 Å². The number of aliphatic carboxylic acids is 1. The molecule has 2 aliphatic rings. The summed E-state index contributed by atoms with van der Waals surface area (Å²) in [7, 11) is 0. The Morgan fingerprint density at radius 3 is 2.89 bits per heavy atom. The van der Waals surface area contributed by atoms with Crippen LogP contribution < -0.4 is 4.90 Å². The number of hydrogen-bond acceptors (Lipinski definition) is 7. The normalized spacial score (nSPS) is 19.4. The van der Waals surface area contributed by atoms with Crippen molar-refractivity contribution >= 4 is 33.3 Å². The highest BCUT2D eigenvalue weighted by Crippen LogP contribution is 2.42. The summed E-state index contributed by atoms with van der Waals surface area (Å²) >= 11 is 1.72. The van der Waals surface area contributed by atoms with E-state index in [4.69, 9.17) is 9.97 Å². The second-order valence-corrected chi connectivity index (χ2v) is 8.13. The molecule has 0 spiro atoms. The first-order chi connectivity index (χ1) is 13.2. The highest BCUT2D eigenvalue weighted by atomic mass is 32.1. The lowest BCUT2D eigenvalue weighted by Crippen LogP contribution is -2.36. The number of anilines is 1. The molecule has 27 heavy (non-hydrogen) atoms. The van der Waals surface area contributed by atoms with Gasteiger partial charge in [-0.15, -0.1) is 11.3 Å². The third-order valence-electron chi connectivity index (χ3n) is 5.40. The summed E-state index contributed by atoms with van der Waals surface area (Å²) < 4.78 is 0. The predicted octanol–water partition coefficient (Wildman–Crippen LogP) is 3.08. The van der Waals surface area contributed by atoms with E-state index in [9.17, 15) is 9.90 Å². The van der Waals surface area contributed by atoms with Gasteiger partial charge in [0.15, 0.2) is 5.82 Å². The molecule has 8 heteroatoms. The van der Waals surface area contributed by atoms with Gasteiger partial charge in [-0.1, -0.05) is 0 Å². The third-order valence-corrected chi connectivity index (χ3v) is 6.58. The van der Waals surface area contributed by atoms with Crippen molar-refractivity contribution in [2.45, 2.75) is 44.6 Å². The topological polar surface area (TPSA) is 92.1 Å². The summed E-state index contributed by atoms with van der Waals surface area (Å²) in [6.07, 6.45) is 10.8. The summed E-state index contributed by atoms with van der Waals surface area (Å²) in [5.41, 5.74) is 1.93. The number of thiophene rings is 1. The summed E-state index contributed by atoms with van der Waals surface area (Å²) in [5.74, 6) is 0.481. The smallest absolute Gasteiger partial charge is 0.326 e. The fourth-order valence-electron chi connectivity index (χ4n) is 4.15. The van der Waals surface area contributed by atoms with Crippen LogP contribution in [0.3, 0.4) is 0 Å². The van der Waals surface area contributed by atoms with Gasteiger partial charge in [0.1, 0.15) is 22.4 Å². The molecule has 1 N–H and O–H groups in total. The van der Waals surface area contributed by atoms with Crippen LogP contribution in [0.1, 0.15) is 36.1 Å². The monoisotopic (exact) mass is 381 g/mol. The van der Waals surface area contributed by atoms with Crippen LogP contribution in [0.15, 0.2) is 18.6 Å². The van der Waals surface area contributed by atoms with Gasteiger partial charge in [0.25, 0.3) is 0 Å². The van der Waals surface area contributed by atoms with Crippen molar-refractivity contribution in [3.8, 4) is 11.5 Å². The van der Waals surface area contributed by atoms with Gasteiger partial charge in [0.05, 0.1) is 11.6 Å². The van der Waals surface area contributed by atoms with Gasteiger partial charge in [0.2, 0.25) is 0 Å². The fourth-order valence-corrected chi connectivity index (χ4v) is 5.41. The van der Waals surface area contributed by atoms with E-state index in [1.165, 1.54) is 16.9 Å². The first-order valence-corrected chi connectivity index (χ1v) is 10.1. The number of carboxylic acid groups (broad SMARTS) is 1. The lowest BCUT2D eigenvalue weighted by Gasteiger charge is -2.24. The largest absolute Gasteiger partial charge is 0.480 e. The summed E-state index contributed by atoms with van der Waals surface area (Å²) in [4.78, 5) is 34.1. The number of aromatic nitrogens is 4. The predicted molar refractivity (Wildman–Crippen MR) is 103 cm³/mol. The number of aryl methyl sites for hydroxylation is 2. The molecule has 0 radical (unpaired) electrons. The van der Waals surface area contributed by atoms with Crippen molar-refractivity contribution in [2.75, 3.05) is 11.4 Å². The van der Waals surface area contributed by atoms with Crippen LogP contribution in [0.5, 0.6) is 0 Å². The molecule has 1 saturated heterocycles. The summed E-state index contributed by atoms with van der Waals surface area (Å²) in [5, 5.41) is 10.7. The second kappa shape index (κ2) is 6.53. The number of carbonyl (C=O) groups is 1. The molecule has 1 aliphatic carbocycles. The molecule has 1 unspecified atom stereocenters. The van der Waals surface area contributed by atoms with Gasteiger partial charge in [-0.3, -0.25) is 4.98 Å². The van der Waals surface area contributed by atoms with Crippen LogP contribution in [0.2, 0.25) is 0 Å². The van der Waals surface area contributed by atoms with E-state index in [1.807, 2.05) is 4.90 Å². The quantitative estimate of drug-likeness (QED) is 0.745. The molecule has 1 aliphatic heterocycles. The number of rotatable bonds is 3. The Bertz CT molecular complexity index is 1020. The van der Waals surface area contributed by atoms with Crippen LogP contribution in [-0.4, -0.2) is 43.6 Å². The van der Waals surface area contributed by atoms with Crippen molar-refractivity contribution < 1.29 is 9.90 Å². The molecular formula is C19H19N5O2S. The van der Waals surface area contributed by atoms with E-state index in [2.05, 4.69) is 9.97 Å². The third kappa shape index (κ3) is 2.75. The Morgan fingerprint density at radius 1 is 1.19 bits per heavy atom. The Kier molecular flexibility index (Phi) is 4.00. The SMILES string of the molecule is O=C(O)C1CCCN1c1nc(-c2cnccn2)nc2sc3c(c12)CCCC3. The number of nitrogens with zero attached hydrogens (tertiary/aromatic N) is 5. The van der Waals surface area contributed by atoms with Crippen LogP contribution in [-0.2, 0) is 17.6 Å². The summed E-state index contributed by atoms with van der Waals surface area (Å²) in [6.45, 7) is 0.702. The molecule has 1 fully saturated rings. The molecular weight excluding hydrogens is 362 g/mol. The van der Waals surface area contributed by atoms with Crippen LogP contribution in [0.4, 0.5) is 5.82 Å². The standard InChI is InChI=1S/C19H19N5O2S/c25-19(26)13-5-3-9-24(13)17-15-11-4-1-2-6-14(11)27-18(15)23-16(22-17)12-10-20-7-8-21-12/h7-8,10,13H,1-6,9H2,(H,25,26). The van der Waals surface area contributed by atoms with Crippen LogP contribution in [0, 0.1) is 0 Å². The Labute approximate surface area is 160 Å². The van der Waals surface area contributed by atoms with E-state index in [-0.39, 0.29) is 0 Å². The van der Waals surface area contributed by atoms with Crippen LogP contribution in [0.25, 0.3) is 21.7 Å². The lowest BCUT2D eigenvalue weighted by molar-refractivity contribution is -0.138. The van der Waals surface area contributed by atoms with Crippen molar-refractivity contribution in [3.05, 3.63) is 29.0 Å². The molecule has 1 atom stereocenters. The minimum absolute atomic E-state index is 0.514. The van der Waals surface area contributed by atoms with Crippen LogP contribution >= 0.6 is 11.3 Å². The van der Waals surface area contributed by atoms with Crippen molar-refractivity contribution in [2.24, 2.45) is 0 Å². The first-order valence-electron chi connectivity index (χ1n) is 9.30. The highest BCUT2D eigenvalue weighted by Gasteiger charge is 2.34. The van der Waals surface area contributed by atoms with Crippen molar-refractivity contribution in [1.29, 1.82) is 0 Å². The number of carboxylic acids is 1. The fraction of sp³-hybridized carbons (Fsp3) is 0.421. The highest BCUT2D eigenvalue weighted by molar-refractivity contribution is 7.19. The molecule has 7 nitrogen and oxygen atoms in total. The molecule has 5 rings (SSSR count). The molecule has 138 valence electrons. The Hall–Kier alpha value is -2.61. The molecule has 0 saturated carbocycles. The molecule has 4 heterocycles. The van der Waals surface area contributed by atoms with E-state index >= 15 is 0 Å². The average Bonchev–Trinajstić information content (AvgIpc) is 3.32. The van der Waals surface area contributed by atoms with Gasteiger partial charge in [-0.25, -0.2) is 19.7 Å². The van der Waals surface area contributed by atoms with E-state index in [1.54, 1.807) is 29.9 Å². The maximum absolute atomic E-state index is 11.8. The maximum atomic E-state index is 11.8. The molecule has 3 aromatic rings. The molecule has 0 aromatic carbocycles. The zero-order valence-corrected chi connectivity index (χ0v) is 15.6. The van der Waals surface area contributed by atoms with Crippen molar-refractivity contribution in [1.82, 2.24) is 19.9 Å². The molecule has 3 aromatic heterocycles. The first kappa shape index (κ1) is 16.6. The molecule has 0 amide bonds. The minimum atomic E-state index is -0.788. The molecule has 0 bridgehead atoms. The summed E-state index contributed by atoms with van der Waals surface area (Å²) in [6, 6.07) is -0.531. The lowest BCUT2D eigenvalue weighted by atomic mass is 9.97. The number of fused-ring (bicyclic) bond motifs is 3. The number of hydrogen-bond donors (Lipinski definition) is 1. The second-order valence-electron chi connectivity index (χ2n) is 7.04. The Balaban J connectivity index is 1.75. The Morgan fingerprint density at radius 2 is 2.07 bits per heavy atom.